The number of methoxy groups -OCH3 is 1. The zero-order valence-corrected chi connectivity index (χ0v) is 11.5. The number of benzene rings is 1. The molecule has 0 saturated heterocycles. The summed E-state index contributed by atoms with van der Waals surface area (Å²) in [5.41, 5.74) is 0.863. The summed E-state index contributed by atoms with van der Waals surface area (Å²) in [6.45, 7) is 2.23. The van der Waals surface area contributed by atoms with Gasteiger partial charge in [-0.2, -0.15) is 0 Å². The molecule has 0 bridgehead atoms. The first-order valence-corrected chi connectivity index (χ1v) is 6.24. The largest absolute Gasteiger partial charge is 0.491 e. The van der Waals surface area contributed by atoms with E-state index in [4.69, 9.17) is 4.74 Å². The average molecular weight is 269 g/mol. The van der Waals surface area contributed by atoms with Crippen molar-refractivity contribution in [2.45, 2.75) is 25.8 Å². The van der Waals surface area contributed by atoms with E-state index in [0.717, 1.165) is 5.56 Å². The molecule has 0 fully saturated rings. The lowest BCUT2D eigenvalue weighted by Crippen LogP contribution is -2.12. The maximum absolute atomic E-state index is 13.8. The van der Waals surface area contributed by atoms with Gasteiger partial charge in [0.25, 0.3) is 0 Å². The molecule has 1 unspecified atom stereocenters. The number of halogens is 1. The van der Waals surface area contributed by atoms with Gasteiger partial charge in [0.2, 0.25) is 0 Å². The van der Waals surface area contributed by atoms with Gasteiger partial charge in [-0.05, 0) is 38.1 Å². The van der Waals surface area contributed by atoms with Crippen LogP contribution in [-0.2, 0) is 9.53 Å². The minimum Gasteiger partial charge on any atom is -0.491 e. The summed E-state index contributed by atoms with van der Waals surface area (Å²) < 4.78 is 23.6. The van der Waals surface area contributed by atoms with Crippen LogP contribution in [0, 0.1) is 5.82 Å². The van der Waals surface area contributed by atoms with Crippen molar-refractivity contribution in [1.29, 1.82) is 0 Å². The molecule has 1 rings (SSSR count). The van der Waals surface area contributed by atoms with E-state index >= 15 is 0 Å². The highest BCUT2D eigenvalue weighted by atomic mass is 19.1. The first-order valence-electron chi connectivity index (χ1n) is 6.24. The normalized spacial score (nSPS) is 12.0. The van der Waals surface area contributed by atoms with Gasteiger partial charge >= 0.3 is 5.97 Å². The Bertz CT molecular complexity index is 423. The third-order valence-electron chi connectivity index (χ3n) is 2.90. The number of carbonyl (C=O) groups is 1. The van der Waals surface area contributed by atoms with Crippen LogP contribution in [-0.4, -0.2) is 26.7 Å². The second kappa shape index (κ2) is 7.74. The molecule has 1 aromatic carbocycles. The van der Waals surface area contributed by atoms with Crippen LogP contribution in [0.25, 0.3) is 0 Å². The van der Waals surface area contributed by atoms with E-state index in [1.54, 1.807) is 6.07 Å². The standard InChI is InChI=1S/C14H20FNO3/c1-10(16-2)11-6-7-13(12(15)9-11)19-8-4-5-14(17)18-3/h6-7,9-10,16H,4-5,8H2,1-3H3. The van der Waals surface area contributed by atoms with E-state index in [2.05, 4.69) is 10.1 Å². The Morgan fingerprint density at radius 1 is 1.47 bits per heavy atom. The summed E-state index contributed by atoms with van der Waals surface area (Å²) in [6.07, 6.45) is 0.772. The fourth-order valence-electron chi connectivity index (χ4n) is 1.57. The van der Waals surface area contributed by atoms with E-state index in [9.17, 15) is 9.18 Å². The van der Waals surface area contributed by atoms with Crippen LogP contribution < -0.4 is 10.1 Å². The Labute approximate surface area is 112 Å². The fourth-order valence-corrected chi connectivity index (χ4v) is 1.57. The summed E-state index contributed by atoms with van der Waals surface area (Å²) in [5, 5.41) is 3.04. The van der Waals surface area contributed by atoms with Crippen LogP contribution in [0.1, 0.15) is 31.4 Å². The van der Waals surface area contributed by atoms with Crippen molar-refractivity contribution in [3.05, 3.63) is 29.6 Å². The van der Waals surface area contributed by atoms with Gasteiger partial charge in [0.05, 0.1) is 13.7 Å². The molecular weight excluding hydrogens is 249 g/mol. The zero-order valence-electron chi connectivity index (χ0n) is 11.5. The Hall–Kier alpha value is -1.62. The minimum absolute atomic E-state index is 0.0860. The van der Waals surface area contributed by atoms with Crippen molar-refractivity contribution in [3.63, 3.8) is 0 Å². The van der Waals surface area contributed by atoms with Gasteiger partial charge in [-0.15, -0.1) is 0 Å². The average Bonchev–Trinajstić information content (AvgIpc) is 2.43. The Balaban J connectivity index is 2.49. The molecule has 0 saturated carbocycles. The molecule has 4 nitrogen and oxygen atoms in total. The summed E-state index contributed by atoms with van der Waals surface area (Å²) in [7, 11) is 3.16. The van der Waals surface area contributed by atoms with E-state index in [1.807, 2.05) is 20.0 Å². The molecule has 19 heavy (non-hydrogen) atoms. The number of rotatable bonds is 7. The van der Waals surface area contributed by atoms with E-state index < -0.39 is 5.82 Å². The molecule has 0 aliphatic carbocycles. The maximum atomic E-state index is 13.8. The van der Waals surface area contributed by atoms with Crippen LogP contribution in [0.5, 0.6) is 5.75 Å². The lowest BCUT2D eigenvalue weighted by molar-refractivity contribution is -0.140. The van der Waals surface area contributed by atoms with Crippen molar-refractivity contribution in [2.75, 3.05) is 20.8 Å². The van der Waals surface area contributed by atoms with E-state index in [1.165, 1.54) is 13.2 Å². The van der Waals surface area contributed by atoms with Crippen LogP contribution in [0.4, 0.5) is 4.39 Å². The van der Waals surface area contributed by atoms with Crippen LogP contribution in [0.2, 0.25) is 0 Å². The monoisotopic (exact) mass is 269 g/mol. The summed E-state index contributed by atoms with van der Waals surface area (Å²) in [5.74, 6) is -0.475. The van der Waals surface area contributed by atoms with Crippen molar-refractivity contribution in [2.24, 2.45) is 0 Å². The second-order valence-corrected chi connectivity index (χ2v) is 4.23. The van der Waals surface area contributed by atoms with E-state index in [0.29, 0.717) is 6.42 Å². The highest BCUT2D eigenvalue weighted by Gasteiger charge is 2.09. The van der Waals surface area contributed by atoms with E-state index in [-0.39, 0.29) is 30.8 Å². The van der Waals surface area contributed by atoms with Gasteiger partial charge in [0.15, 0.2) is 11.6 Å². The fraction of sp³-hybridized carbons (Fsp3) is 0.500. The van der Waals surface area contributed by atoms with Crippen LogP contribution in [0.15, 0.2) is 18.2 Å². The number of nitrogens with one attached hydrogen (secondary N) is 1. The summed E-state index contributed by atoms with van der Waals surface area (Å²) >= 11 is 0. The first kappa shape index (κ1) is 15.4. The SMILES string of the molecule is CNC(C)c1ccc(OCCCC(=O)OC)c(F)c1. The molecule has 0 aliphatic heterocycles. The molecular formula is C14H20FNO3. The van der Waals surface area contributed by atoms with Gasteiger partial charge < -0.3 is 14.8 Å². The van der Waals surface area contributed by atoms with Crippen molar-refractivity contribution in [3.8, 4) is 5.75 Å². The van der Waals surface area contributed by atoms with Gasteiger partial charge in [0, 0.05) is 12.5 Å². The van der Waals surface area contributed by atoms with Gasteiger partial charge in [-0.3, -0.25) is 4.79 Å². The lowest BCUT2D eigenvalue weighted by atomic mass is 10.1. The molecule has 106 valence electrons. The highest BCUT2D eigenvalue weighted by Crippen LogP contribution is 2.22. The predicted molar refractivity (Wildman–Crippen MR) is 70.6 cm³/mol. The number of esters is 1. The molecule has 5 heteroatoms. The maximum Gasteiger partial charge on any atom is 0.305 e. The molecule has 0 spiro atoms. The summed E-state index contributed by atoms with van der Waals surface area (Å²) in [6, 6.07) is 4.97. The Morgan fingerprint density at radius 2 is 2.21 bits per heavy atom. The smallest absolute Gasteiger partial charge is 0.305 e. The first-order chi connectivity index (χ1) is 9.08. The number of hydrogen-bond donors (Lipinski definition) is 1. The predicted octanol–water partition coefficient (Wildman–Crippen LogP) is 2.44. The van der Waals surface area contributed by atoms with Gasteiger partial charge in [-0.25, -0.2) is 4.39 Å². The van der Waals surface area contributed by atoms with Crippen molar-refractivity contribution < 1.29 is 18.7 Å². The molecule has 0 heterocycles. The van der Waals surface area contributed by atoms with Gasteiger partial charge in [0.1, 0.15) is 0 Å². The molecule has 0 radical (unpaired) electrons. The third kappa shape index (κ3) is 4.87. The number of carbonyl (C=O) groups excluding carboxylic acids is 1. The minimum atomic E-state index is -0.391. The molecule has 1 atom stereocenters. The third-order valence-corrected chi connectivity index (χ3v) is 2.90. The zero-order chi connectivity index (χ0) is 14.3. The van der Waals surface area contributed by atoms with Crippen LogP contribution >= 0.6 is 0 Å². The quantitative estimate of drug-likeness (QED) is 0.610. The molecule has 0 aliphatic rings. The molecule has 0 amide bonds. The highest BCUT2D eigenvalue weighted by molar-refractivity contribution is 5.69. The van der Waals surface area contributed by atoms with Crippen LogP contribution in [0.3, 0.4) is 0 Å². The van der Waals surface area contributed by atoms with Crippen molar-refractivity contribution in [1.82, 2.24) is 5.32 Å². The molecule has 1 N–H and O–H groups in total. The second-order valence-electron chi connectivity index (χ2n) is 4.23. The topological polar surface area (TPSA) is 47.6 Å². The summed E-state index contributed by atoms with van der Waals surface area (Å²) in [4.78, 5) is 10.9. The van der Waals surface area contributed by atoms with Gasteiger partial charge in [-0.1, -0.05) is 6.07 Å². The molecule has 1 aromatic rings. The van der Waals surface area contributed by atoms with Crippen molar-refractivity contribution >= 4 is 5.97 Å². The lowest BCUT2D eigenvalue weighted by Gasteiger charge is -2.12. The number of hydrogen-bond acceptors (Lipinski definition) is 4. The number of ether oxygens (including phenoxy) is 2. The Kier molecular flexibility index (Phi) is 6.29. The molecule has 0 aromatic heterocycles. The Morgan fingerprint density at radius 3 is 2.79 bits per heavy atom.